The van der Waals surface area contributed by atoms with E-state index >= 15 is 0 Å². The van der Waals surface area contributed by atoms with Gasteiger partial charge in [-0.2, -0.15) is 4.31 Å². The zero-order valence-electron chi connectivity index (χ0n) is 15.2. The van der Waals surface area contributed by atoms with Gasteiger partial charge < -0.3 is 4.42 Å². The van der Waals surface area contributed by atoms with Crippen LogP contribution in [-0.4, -0.2) is 36.0 Å². The first-order chi connectivity index (χ1) is 13.5. The summed E-state index contributed by atoms with van der Waals surface area (Å²) < 4.78 is 46.0. The van der Waals surface area contributed by atoms with Crippen LogP contribution in [0.2, 0.25) is 0 Å². The molecule has 1 fully saturated rings. The molecule has 2 heterocycles. The van der Waals surface area contributed by atoms with Crippen molar-refractivity contribution >= 4 is 10.0 Å². The molecule has 28 heavy (non-hydrogen) atoms. The van der Waals surface area contributed by atoms with Crippen LogP contribution < -0.4 is 0 Å². The lowest BCUT2D eigenvalue weighted by Crippen LogP contribution is -2.39. The van der Waals surface area contributed by atoms with E-state index in [1.54, 1.807) is 42.5 Å². The van der Waals surface area contributed by atoms with Gasteiger partial charge in [-0.15, -0.1) is 10.2 Å². The minimum atomic E-state index is -3.54. The molecule has 8 heteroatoms. The standard InChI is InChI=1S/C20H20FN3O3S/c21-17-10-8-15(9-11-17)13-19-22-23-20(27-19)16-5-4-12-24(14-16)28(25,26)18-6-2-1-3-7-18/h1-3,6-11,16H,4-5,12-14H2. The van der Waals surface area contributed by atoms with Gasteiger partial charge in [-0.25, -0.2) is 12.8 Å². The summed E-state index contributed by atoms with van der Waals surface area (Å²) in [6.07, 6.45) is 1.93. The van der Waals surface area contributed by atoms with Crippen molar-refractivity contribution in [1.82, 2.24) is 14.5 Å². The Kier molecular flexibility index (Phi) is 5.23. The molecule has 1 aliphatic rings. The first kappa shape index (κ1) is 18.8. The number of nitrogens with zero attached hydrogens (tertiary/aromatic N) is 3. The maximum atomic E-state index is 13.0. The van der Waals surface area contributed by atoms with Crippen LogP contribution in [-0.2, 0) is 16.4 Å². The molecule has 1 unspecified atom stereocenters. The Hall–Kier alpha value is -2.58. The summed E-state index contributed by atoms with van der Waals surface area (Å²) in [6, 6.07) is 14.6. The molecule has 2 aromatic carbocycles. The van der Waals surface area contributed by atoms with E-state index < -0.39 is 10.0 Å². The van der Waals surface area contributed by atoms with Crippen molar-refractivity contribution in [2.45, 2.75) is 30.1 Å². The van der Waals surface area contributed by atoms with Crippen molar-refractivity contribution in [1.29, 1.82) is 0 Å². The van der Waals surface area contributed by atoms with Crippen molar-refractivity contribution in [2.75, 3.05) is 13.1 Å². The van der Waals surface area contributed by atoms with E-state index in [-0.39, 0.29) is 16.6 Å². The van der Waals surface area contributed by atoms with E-state index in [0.29, 0.717) is 31.3 Å². The summed E-state index contributed by atoms with van der Waals surface area (Å²) in [5, 5.41) is 8.21. The quantitative estimate of drug-likeness (QED) is 0.655. The molecule has 1 aromatic heterocycles. The minimum Gasteiger partial charge on any atom is -0.425 e. The van der Waals surface area contributed by atoms with Gasteiger partial charge in [0.05, 0.1) is 17.2 Å². The summed E-state index contributed by atoms with van der Waals surface area (Å²) in [4.78, 5) is 0.290. The molecule has 1 atom stereocenters. The van der Waals surface area contributed by atoms with E-state index in [4.69, 9.17) is 4.42 Å². The zero-order valence-corrected chi connectivity index (χ0v) is 16.0. The molecule has 1 saturated heterocycles. The summed E-state index contributed by atoms with van der Waals surface area (Å²) in [7, 11) is -3.54. The van der Waals surface area contributed by atoms with Crippen molar-refractivity contribution < 1.29 is 17.2 Å². The second-order valence-electron chi connectivity index (χ2n) is 6.85. The van der Waals surface area contributed by atoms with Crippen LogP contribution in [0.3, 0.4) is 0 Å². The van der Waals surface area contributed by atoms with Crippen molar-refractivity contribution in [3.05, 3.63) is 77.8 Å². The predicted molar refractivity (Wildman–Crippen MR) is 101 cm³/mol. The highest BCUT2D eigenvalue weighted by molar-refractivity contribution is 7.89. The van der Waals surface area contributed by atoms with Crippen LogP contribution in [0.25, 0.3) is 0 Å². The van der Waals surface area contributed by atoms with Gasteiger partial charge in [0.15, 0.2) is 0 Å². The van der Waals surface area contributed by atoms with Crippen molar-refractivity contribution in [3.8, 4) is 0 Å². The molecule has 4 rings (SSSR count). The maximum absolute atomic E-state index is 13.0. The van der Waals surface area contributed by atoms with E-state index in [9.17, 15) is 12.8 Å². The number of hydrogen-bond acceptors (Lipinski definition) is 5. The molecular weight excluding hydrogens is 381 g/mol. The molecule has 0 spiro atoms. The fraction of sp³-hybridized carbons (Fsp3) is 0.300. The van der Waals surface area contributed by atoms with Crippen molar-refractivity contribution in [3.63, 3.8) is 0 Å². The summed E-state index contributed by atoms with van der Waals surface area (Å²) >= 11 is 0. The molecule has 146 valence electrons. The molecule has 0 amide bonds. The number of sulfonamides is 1. The lowest BCUT2D eigenvalue weighted by Gasteiger charge is -2.30. The molecule has 1 aliphatic heterocycles. The highest BCUT2D eigenvalue weighted by atomic mass is 32.2. The predicted octanol–water partition coefficient (Wildman–Crippen LogP) is 3.37. The van der Waals surface area contributed by atoms with Gasteiger partial charge in [0.25, 0.3) is 0 Å². The number of benzene rings is 2. The molecule has 0 aliphatic carbocycles. The normalized spacial score (nSPS) is 18.2. The average molecular weight is 401 g/mol. The third kappa shape index (κ3) is 3.98. The number of aromatic nitrogens is 2. The first-order valence-corrected chi connectivity index (χ1v) is 10.6. The Morgan fingerprint density at radius 3 is 2.57 bits per heavy atom. The summed E-state index contributed by atoms with van der Waals surface area (Å²) in [5.41, 5.74) is 0.869. The molecule has 0 saturated carbocycles. The van der Waals surface area contributed by atoms with Gasteiger partial charge in [-0.1, -0.05) is 30.3 Å². The maximum Gasteiger partial charge on any atom is 0.243 e. The summed E-state index contributed by atoms with van der Waals surface area (Å²) in [5.74, 6) is 0.452. The van der Waals surface area contributed by atoms with E-state index in [0.717, 1.165) is 18.4 Å². The van der Waals surface area contributed by atoms with Gasteiger partial charge >= 0.3 is 0 Å². The fourth-order valence-corrected chi connectivity index (χ4v) is 4.93. The lowest BCUT2D eigenvalue weighted by molar-refractivity contribution is 0.281. The third-order valence-electron chi connectivity index (χ3n) is 4.87. The molecule has 0 radical (unpaired) electrons. The van der Waals surface area contributed by atoms with Crippen LogP contribution in [0, 0.1) is 5.82 Å². The Labute approximate surface area is 163 Å². The highest BCUT2D eigenvalue weighted by Crippen LogP contribution is 2.29. The second kappa shape index (κ2) is 7.81. The number of hydrogen-bond donors (Lipinski definition) is 0. The third-order valence-corrected chi connectivity index (χ3v) is 6.74. The van der Waals surface area contributed by atoms with E-state index in [1.165, 1.54) is 16.4 Å². The Morgan fingerprint density at radius 2 is 1.82 bits per heavy atom. The Bertz CT molecular complexity index is 1040. The van der Waals surface area contributed by atoms with Crippen LogP contribution in [0.5, 0.6) is 0 Å². The summed E-state index contributed by atoms with van der Waals surface area (Å²) in [6.45, 7) is 0.791. The SMILES string of the molecule is O=S(=O)(c1ccccc1)N1CCCC(c2nnc(Cc3ccc(F)cc3)o2)C1. The van der Waals surface area contributed by atoms with Crippen LogP contribution in [0.4, 0.5) is 4.39 Å². The number of piperidine rings is 1. The van der Waals surface area contributed by atoms with Crippen LogP contribution in [0.1, 0.15) is 36.1 Å². The van der Waals surface area contributed by atoms with Crippen LogP contribution in [0.15, 0.2) is 63.9 Å². The average Bonchev–Trinajstić information content (AvgIpc) is 3.19. The lowest BCUT2D eigenvalue weighted by atomic mass is 10.00. The zero-order chi connectivity index (χ0) is 19.6. The van der Waals surface area contributed by atoms with Gasteiger partial charge in [0.1, 0.15) is 5.82 Å². The molecule has 6 nitrogen and oxygen atoms in total. The topological polar surface area (TPSA) is 76.3 Å². The number of halogens is 1. The monoisotopic (exact) mass is 401 g/mol. The largest absolute Gasteiger partial charge is 0.425 e. The van der Waals surface area contributed by atoms with Gasteiger partial charge in [0.2, 0.25) is 21.8 Å². The van der Waals surface area contributed by atoms with Gasteiger partial charge in [-0.05, 0) is 42.7 Å². The first-order valence-electron chi connectivity index (χ1n) is 9.14. The minimum absolute atomic E-state index is 0.137. The van der Waals surface area contributed by atoms with Crippen LogP contribution >= 0.6 is 0 Å². The Balaban J connectivity index is 1.48. The van der Waals surface area contributed by atoms with E-state index in [1.807, 2.05) is 0 Å². The second-order valence-corrected chi connectivity index (χ2v) is 8.79. The number of rotatable bonds is 5. The molecule has 3 aromatic rings. The molecule has 0 bridgehead atoms. The molecular formula is C20H20FN3O3S. The highest BCUT2D eigenvalue weighted by Gasteiger charge is 2.33. The van der Waals surface area contributed by atoms with Crippen molar-refractivity contribution in [2.24, 2.45) is 0 Å². The Morgan fingerprint density at radius 1 is 1.07 bits per heavy atom. The smallest absolute Gasteiger partial charge is 0.243 e. The fourth-order valence-electron chi connectivity index (χ4n) is 3.38. The van der Waals surface area contributed by atoms with E-state index in [2.05, 4.69) is 10.2 Å². The molecule has 0 N–H and O–H groups in total. The van der Waals surface area contributed by atoms with Gasteiger partial charge in [-0.3, -0.25) is 0 Å². The van der Waals surface area contributed by atoms with Gasteiger partial charge in [0, 0.05) is 13.1 Å².